The first-order chi connectivity index (χ1) is 12.1. The molecular formula is C20H22N2O3. The Balaban J connectivity index is 1.52. The van der Waals surface area contributed by atoms with Gasteiger partial charge in [0, 0.05) is 6.54 Å². The van der Waals surface area contributed by atoms with Gasteiger partial charge in [-0.1, -0.05) is 36.4 Å². The van der Waals surface area contributed by atoms with E-state index in [1.165, 1.54) is 0 Å². The molecule has 0 aliphatic heterocycles. The maximum atomic E-state index is 12.3. The lowest BCUT2D eigenvalue weighted by molar-refractivity contribution is -0.125. The Morgan fingerprint density at radius 1 is 1.04 bits per heavy atom. The molecule has 130 valence electrons. The molecule has 2 unspecified atom stereocenters. The third-order valence-corrected chi connectivity index (χ3v) is 4.54. The van der Waals surface area contributed by atoms with Crippen LogP contribution in [0.3, 0.4) is 0 Å². The van der Waals surface area contributed by atoms with Crippen LogP contribution in [-0.2, 0) is 16.1 Å². The van der Waals surface area contributed by atoms with E-state index in [-0.39, 0.29) is 23.7 Å². The highest BCUT2D eigenvalue weighted by Gasteiger charge is 2.48. The minimum Gasteiger partial charge on any atom is -0.495 e. The molecular weight excluding hydrogens is 316 g/mol. The number of nitrogens with one attached hydrogen (secondary N) is 2. The number of rotatable bonds is 6. The predicted octanol–water partition coefficient (Wildman–Crippen LogP) is 2.89. The van der Waals surface area contributed by atoms with Crippen LogP contribution in [0.25, 0.3) is 0 Å². The molecule has 1 aliphatic rings. The summed E-state index contributed by atoms with van der Waals surface area (Å²) in [5.74, 6) is -0.124. The fourth-order valence-corrected chi connectivity index (χ4v) is 2.87. The average Bonchev–Trinajstić information content (AvgIpc) is 3.42. The Bertz CT molecular complexity index is 788. The number of methoxy groups -OCH3 is 1. The quantitative estimate of drug-likeness (QED) is 0.851. The molecule has 1 fully saturated rings. The number of carbonyl (C=O) groups is 2. The second-order valence-corrected chi connectivity index (χ2v) is 6.28. The van der Waals surface area contributed by atoms with Crippen molar-refractivity contribution in [3.8, 4) is 5.75 Å². The van der Waals surface area contributed by atoms with Gasteiger partial charge >= 0.3 is 0 Å². The van der Waals surface area contributed by atoms with Gasteiger partial charge in [0.1, 0.15) is 5.75 Å². The van der Waals surface area contributed by atoms with Crippen molar-refractivity contribution in [1.29, 1.82) is 0 Å². The Labute approximate surface area is 147 Å². The van der Waals surface area contributed by atoms with Crippen LogP contribution >= 0.6 is 0 Å². The van der Waals surface area contributed by atoms with Crippen molar-refractivity contribution in [2.45, 2.75) is 19.9 Å². The van der Waals surface area contributed by atoms with E-state index in [1.54, 1.807) is 19.2 Å². The van der Waals surface area contributed by atoms with Crippen molar-refractivity contribution in [3.05, 3.63) is 59.7 Å². The zero-order chi connectivity index (χ0) is 17.8. The van der Waals surface area contributed by atoms with Gasteiger partial charge in [0.15, 0.2) is 0 Å². The molecule has 5 heteroatoms. The number of benzene rings is 2. The maximum Gasteiger partial charge on any atom is 0.228 e. The molecule has 0 spiro atoms. The van der Waals surface area contributed by atoms with Gasteiger partial charge in [-0.3, -0.25) is 9.59 Å². The Kier molecular flexibility index (Phi) is 5.03. The van der Waals surface area contributed by atoms with Crippen LogP contribution in [0.1, 0.15) is 17.5 Å². The third-order valence-electron chi connectivity index (χ3n) is 4.54. The molecule has 5 nitrogen and oxygen atoms in total. The highest BCUT2D eigenvalue weighted by atomic mass is 16.5. The molecule has 2 amide bonds. The van der Waals surface area contributed by atoms with Crippen LogP contribution in [0.15, 0.2) is 48.5 Å². The summed E-state index contributed by atoms with van der Waals surface area (Å²) in [6.07, 6.45) is 0.584. The van der Waals surface area contributed by atoms with Gasteiger partial charge < -0.3 is 15.4 Å². The number of hydrogen-bond acceptors (Lipinski definition) is 3. The van der Waals surface area contributed by atoms with E-state index in [0.29, 0.717) is 24.4 Å². The molecule has 1 saturated carbocycles. The number of amides is 2. The Hall–Kier alpha value is -2.82. The lowest BCUT2D eigenvalue weighted by atomic mass is 10.1. The van der Waals surface area contributed by atoms with Crippen LogP contribution < -0.4 is 15.4 Å². The normalized spacial score (nSPS) is 18.3. The molecule has 0 radical (unpaired) electrons. The monoisotopic (exact) mass is 338 g/mol. The second-order valence-electron chi connectivity index (χ2n) is 6.28. The molecule has 25 heavy (non-hydrogen) atoms. The fourth-order valence-electron chi connectivity index (χ4n) is 2.87. The van der Waals surface area contributed by atoms with E-state index in [4.69, 9.17) is 4.74 Å². The topological polar surface area (TPSA) is 67.4 Å². The summed E-state index contributed by atoms with van der Waals surface area (Å²) in [5, 5.41) is 5.78. The van der Waals surface area contributed by atoms with Gasteiger partial charge in [-0.15, -0.1) is 0 Å². The molecule has 2 atom stereocenters. The van der Waals surface area contributed by atoms with Gasteiger partial charge in [-0.25, -0.2) is 0 Å². The van der Waals surface area contributed by atoms with E-state index in [2.05, 4.69) is 10.6 Å². The van der Waals surface area contributed by atoms with E-state index in [9.17, 15) is 9.59 Å². The number of aryl methyl sites for hydroxylation is 1. The molecule has 2 N–H and O–H groups in total. The summed E-state index contributed by atoms with van der Waals surface area (Å²) < 4.78 is 5.23. The lowest BCUT2D eigenvalue weighted by Crippen LogP contribution is -2.27. The van der Waals surface area contributed by atoms with Crippen molar-refractivity contribution < 1.29 is 14.3 Å². The van der Waals surface area contributed by atoms with Gasteiger partial charge in [0.05, 0.1) is 24.6 Å². The number of anilines is 1. The highest BCUT2D eigenvalue weighted by molar-refractivity contribution is 6.00. The standard InChI is InChI=1S/C20H22N2O3/c1-13-7-3-4-8-14(13)12-21-19(23)15-11-16(15)20(24)22-17-9-5-6-10-18(17)25-2/h3-10,15-16H,11-12H2,1-2H3,(H,21,23)(H,22,24). The predicted molar refractivity (Wildman–Crippen MR) is 96.2 cm³/mol. The Morgan fingerprint density at radius 3 is 2.48 bits per heavy atom. The molecule has 0 bridgehead atoms. The van der Waals surface area contributed by atoms with Gasteiger partial charge in [-0.05, 0) is 36.6 Å². The number of carbonyl (C=O) groups excluding carboxylic acids is 2. The number of ether oxygens (including phenoxy) is 1. The highest BCUT2D eigenvalue weighted by Crippen LogP contribution is 2.40. The maximum absolute atomic E-state index is 12.3. The van der Waals surface area contributed by atoms with Crippen LogP contribution in [0.5, 0.6) is 5.75 Å². The number of hydrogen-bond donors (Lipinski definition) is 2. The molecule has 2 aromatic rings. The summed E-state index contributed by atoms with van der Waals surface area (Å²) in [6, 6.07) is 15.2. The molecule has 0 aromatic heterocycles. The zero-order valence-electron chi connectivity index (χ0n) is 14.4. The van der Waals surface area contributed by atoms with Gasteiger partial charge in [-0.2, -0.15) is 0 Å². The number of para-hydroxylation sites is 2. The van der Waals surface area contributed by atoms with Crippen molar-refractivity contribution in [1.82, 2.24) is 5.32 Å². The first-order valence-electron chi connectivity index (χ1n) is 8.36. The van der Waals surface area contributed by atoms with Crippen molar-refractivity contribution in [2.75, 3.05) is 12.4 Å². The summed E-state index contributed by atoms with van der Waals surface area (Å²) in [5.41, 5.74) is 2.86. The van der Waals surface area contributed by atoms with Crippen LogP contribution in [0.4, 0.5) is 5.69 Å². The minimum atomic E-state index is -0.276. The summed E-state index contributed by atoms with van der Waals surface area (Å²) in [4.78, 5) is 24.6. The molecule has 0 heterocycles. The van der Waals surface area contributed by atoms with Crippen molar-refractivity contribution in [3.63, 3.8) is 0 Å². The Morgan fingerprint density at radius 2 is 1.72 bits per heavy atom. The molecule has 2 aromatic carbocycles. The summed E-state index contributed by atoms with van der Waals surface area (Å²) in [6.45, 7) is 2.50. The van der Waals surface area contributed by atoms with Crippen molar-refractivity contribution >= 4 is 17.5 Å². The average molecular weight is 338 g/mol. The first kappa shape index (κ1) is 17.0. The summed E-state index contributed by atoms with van der Waals surface area (Å²) >= 11 is 0. The van der Waals surface area contributed by atoms with E-state index < -0.39 is 0 Å². The van der Waals surface area contributed by atoms with Gasteiger partial charge in [0.2, 0.25) is 11.8 Å². The fraction of sp³-hybridized carbons (Fsp3) is 0.300. The second kappa shape index (κ2) is 7.38. The minimum absolute atomic E-state index is 0.0663. The van der Waals surface area contributed by atoms with Gasteiger partial charge in [0.25, 0.3) is 0 Å². The lowest BCUT2D eigenvalue weighted by Gasteiger charge is -2.10. The van der Waals surface area contributed by atoms with Crippen LogP contribution in [-0.4, -0.2) is 18.9 Å². The molecule has 0 saturated heterocycles. The van der Waals surface area contributed by atoms with E-state index >= 15 is 0 Å². The molecule has 3 rings (SSSR count). The smallest absolute Gasteiger partial charge is 0.228 e. The SMILES string of the molecule is COc1ccccc1NC(=O)C1CC1C(=O)NCc1ccccc1C. The largest absolute Gasteiger partial charge is 0.495 e. The summed E-state index contributed by atoms with van der Waals surface area (Å²) in [7, 11) is 1.56. The van der Waals surface area contributed by atoms with Crippen molar-refractivity contribution in [2.24, 2.45) is 11.8 Å². The molecule has 1 aliphatic carbocycles. The van der Waals surface area contributed by atoms with E-state index in [0.717, 1.165) is 11.1 Å². The van der Waals surface area contributed by atoms with Crippen LogP contribution in [0.2, 0.25) is 0 Å². The third kappa shape index (κ3) is 3.99. The first-order valence-corrected chi connectivity index (χ1v) is 8.36. The van der Waals surface area contributed by atoms with E-state index in [1.807, 2.05) is 43.3 Å². The van der Waals surface area contributed by atoms with Crippen LogP contribution in [0, 0.1) is 18.8 Å². The zero-order valence-corrected chi connectivity index (χ0v) is 14.4.